The van der Waals surface area contributed by atoms with Gasteiger partial charge >= 0.3 is 5.97 Å². The smallest absolute Gasteiger partial charge is 0.335 e. The molecular weight excluding hydrogens is 381 g/mol. The molecule has 0 fully saturated rings. The third-order valence-electron chi connectivity index (χ3n) is 2.75. The van der Waals surface area contributed by atoms with Crippen LogP contribution in [0.2, 0.25) is 0 Å². The van der Waals surface area contributed by atoms with Crippen molar-refractivity contribution in [3.63, 3.8) is 0 Å². The van der Waals surface area contributed by atoms with Crippen LogP contribution in [0.15, 0.2) is 30.3 Å². The van der Waals surface area contributed by atoms with Gasteiger partial charge < -0.3 is 9.84 Å². The number of carbonyl (C=O) groups is 1. The molecule has 0 spiro atoms. The molecule has 0 aliphatic heterocycles. The largest absolute Gasteiger partial charge is 0.496 e. The van der Waals surface area contributed by atoms with Gasteiger partial charge in [-0.25, -0.2) is 13.6 Å². The van der Waals surface area contributed by atoms with Crippen molar-refractivity contribution in [2.75, 3.05) is 7.11 Å². The maximum absolute atomic E-state index is 14.0. The molecule has 0 atom stereocenters. The van der Waals surface area contributed by atoms with Gasteiger partial charge in [0.05, 0.1) is 16.2 Å². The van der Waals surface area contributed by atoms with Crippen molar-refractivity contribution in [1.82, 2.24) is 0 Å². The molecule has 104 valence electrons. The highest BCUT2D eigenvalue weighted by atomic mass is 127. The Morgan fingerprint density at radius 1 is 1.15 bits per heavy atom. The number of rotatable bonds is 3. The summed E-state index contributed by atoms with van der Waals surface area (Å²) in [5.74, 6) is -2.30. The lowest BCUT2D eigenvalue weighted by Crippen LogP contribution is -1.99. The lowest BCUT2D eigenvalue weighted by atomic mass is 10.0. The van der Waals surface area contributed by atoms with Gasteiger partial charge in [0.1, 0.15) is 17.4 Å². The summed E-state index contributed by atoms with van der Waals surface area (Å²) in [6.07, 6.45) is 0. The normalized spacial score (nSPS) is 10.4. The van der Waals surface area contributed by atoms with E-state index >= 15 is 0 Å². The number of benzene rings is 2. The minimum Gasteiger partial charge on any atom is -0.496 e. The van der Waals surface area contributed by atoms with Gasteiger partial charge in [-0.3, -0.25) is 0 Å². The van der Waals surface area contributed by atoms with Gasteiger partial charge in [0, 0.05) is 17.2 Å². The summed E-state index contributed by atoms with van der Waals surface area (Å²) >= 11 is 1.95. The predicted molar refractivity (Wildman–Crippen MR) is 78.0 cm³/mol. The quantitative estimate of drug-likeness (QED) is 0.808. The summed E-state index contributed by atoms with van der Waals surface area (Å²) in [5.41, 5.74) is -0.118. The topological polar surface area (TPSA) is 46.5 Å². The Bertz CT molecular complexity index is 686. The molecule has 0 aliphatic rings. The van der Waals surface area contributed by atoms with E-state index in [-0.39, 0.29) is 16.7 Å². The van der Waals surface area contributed by atoms with Crippen LogP contribution in [0.5, 0.6) is 5.75 Å². The van der Waals surface area contributed by atoms with Crippen molar-refractivity contribution in [2.24, 2.45) is 0 Å². The van der Waals surface area contributed by atoms with Crippen LogP contribution in [0.25, 0.3) is 11.1 Å². The zero-order valence-corrected chi connectivity index (χ0v) is 12.4. The molecular formula is C14H9F2IO3. The summed E-state index contributed by atoms with van der Waals surface area (Å²) in [4.78, 5) is 10.7. The van der Waals surface area contributed by atoms with Crippen molar-refractivity contribution >= 4 is 28.6 Å². The van der Waals surface area contributed by atoms with Gasteiger partial charge in [-0.2, -0.15) is 0 Å². The number of methoxy groups -OCH3 is 1. The summed E-state index contributed by atoms with van der Waals surface area (Å²) in [7, 11) is 1.42. The Morgan fingerprint density at radius 3 is 2.35 bits per heavy atom. The van der Waals surface area contributed by atoms with Gasteiger partial charge in [-0.1, -0.05) is 6.07 Å². The molecule has 0 saturated heterocycles. The maximum atomic E-state index is 14.0. The summed E-state index contributed by atoms with van der Waals surface area (Å²) in [6, 6.07) is 5.97. The van der Waals surface area contributed by atoms with E-state index in [0.717, 1.165) is 6.07 Å². The fraction of sp³-hybridized carbons (Fsp3) is 0.0714. The van der Waals surface area contributed by atoms with Crippen LogP contribution in [0.1, 0.15) is 10.4 Å². The SMILES string of the molecule is COc1cc(F)c(-c2ccc(C(=O)O)cc2F)cc1I. The fourth-order valence-corrected chi connectivity index (χ4v) is 2.45. The Balaban J connectivity index is 2.57. The molecule has 0 unspecified atom stereocenters. The average molecular weight is 390 g/mol. The first-order chi connectivity index (χ1) is 9.43. The zero-order chi connectivity index (χ0) is 14.9. The van der Waals surface area contributed by atoms with Crippen molar-refractivity contribution in [1.29, 1.82) is 0 Å². The van der Waals surface area contributed by atoms with Crippen LogP contribution in [0.3, 0.4) is 0 Å². The van der Waals surface area contributed by atoms with Crippen LogP contribution in [0.4, 0.5) is 8.78 Å². The number of carboxylic acids is 1. The highest BCUT2D eigenvalue weighted by Gasteiger charge is 2.15. The molecule has 3 nitrogen and oxygen atoms in total. The Kier molecular flexibility index (Phi) is 4.22. The van der Waals surface area contributed by atoms with Crippen LogP contribution >= 0.6 is 22.6 Å². The lowest BCUT2D eigenvalue weighted by Gasteiger charge is -2.09. The Labute approximate surface area is 127 Å². The molecule has 0 bridgehead atoms. The van der Waals surface area contributed by atoms with E-state index in [4.69, 9.17) is 9.84 Å². The molecule has 0 aliphatic carbocycles. The highest BCUT2D eigenvalue weighted by molar-refractivity contribution is 14.1. The van der Waals surface area contributed by atoms with Crippen molar-refractivity contribution in [3.05, 3.63) is 51.1 Å². The van der Waals surface area contributed by atoms with Gasteiger partial charge in [-0.15, -0.1) is 0 Å². The third-order valence-corrected chi connectivity index (χ3v) is 3.59. The van der Waals surface area contributed by atoms with Crippen LogP contribution in [-0.2, 0) is 0 Å². The van der Waals surface area contributed by atoms with E-state index in [1.807, 2.05) is 22.6 Å². The zero-order valence-electron chi connectivity index (χ0n) is 10.3. The molecule has 0 aromatic heterocycles. The van der Waals surface area contributed by atoms with Gasteiger partial charge in [0.25, 0.3) is 0 Å². The maximum Gasteiger partial charge on any atom is 0.335 e. The lowest BCUT2D eigenvalue weighted by molar-refractivity contribution is 0.0696. The van der Waals surface area contributed by atoms with E-state index in [2.05, 4.69) is 0 Å². The third kappa shape index (κ3) is 2.74. The summed E-state index contributed by atoms with van der Waals surface area (Å²) in [5, 5.41) is 8.78. The minimum atomic E-state index is -1.24. The summed E-state index contributed by atoms with van der Waals surface area (Å²) in [6.45, 7) is 0. The molecule has 20 heavy (non-hydrogen) atoms. The molecule has 0 saturated carbocycles. The molecule has 0 heterocycles. The van der Waals surface area contributed by atoms with Gasteiger partial charge in [0.15, 0.2) is 0 Å². The number of hydrogen-bond donors (Lipinski definition) is 1. The Hall–Kier alpha value is -1.70. The standard InChI is InChI=1S/C14H9F2IO3/c1-20-13-6-11(16)9(5-12(13)17)8-3-2-7(14(18)19)4-10(8)15/h2-6H,1H3,(H,18,19). The monoisotopic (exact) mass is 390 g/mol. The molecule has 2 aromatic rings. The van der Waals surface area contributed by atoms with Crippen molar-refractivity contribution in [3.8, 4) is 16.9 Å². The second kappa shape index (κ2) is 5.74. The molecule has 2 rings (SSSR count). The van der Waals surface area contributed by atoms with E-state index in [1.165, 1.54) is 31.4 Å². The first kappa shape index (κ1) is 14.7. The highest BCUT2D eigenvalue weighted by Crippen LogP contribution is 2.32. The number of carboxylic acid groups (broad SMARTS) is 1. The van der Waals surface area contributed by atoms with Crippen molar-refractivity contribution < 1.29 is 23.4 Å². The molecule has 0 amide bonds. The van der Waals surface area contributed by atoms with Gasteiger partial charge in [-0.05, 0) is 40.8 Å². The van der Waals surface area contributed by atoms with Crippen LogP contribution in [-0.4, -0.2) is 18.2 Å². The Morgan fingerprint density at radius 2 is 1.80 bits per heavy atom. The fourth-order valence-electron chi connectivity index (χ4n) is 1.76. The number of aromatic carboxylic acids is 1. The first-order valence-electron chi connectivity index (χ1n) is 5.50. The van der Waals surface area contributed by atoms with Gasteiger partial charge in [0.2, 0.25) is 0 Å². The number of halogens is 3. The van der Waals surface area contributed by atoms with E-state index in [1.54, 1.807) is 0 Å². The summed E-state index contributed by atoms with van der Waals surface area (Å²) < 4.78 is 33.5. The second-order valence-corrected chi connectivity index (χ2v) is 5.13. The molecule has 2 aromatic carbocycles. The van der Waals surface area contributed by atoms with E-state index in [9.17, 15) is 13.6 Å². The van der Waals surface area contributed by atoms with Crippen molar-refractivity contribution in [2.45, 2.75) is 0 Å². The van der Waals surface area contributed by atoms with Crippen LogP contribution in [0, 0.1) is 15.2 Å². The second-order valence-electron chi connectivity index (χ2n) is 3.97. The molecule has 6 heteroatoms. The minimum absolute atomic E-state index is 0.00747. The first-order valence-corrected chi connectivity index (χ1v) is 6.58. The average Bonchev–Trinajstić information content (AvgIpc) is 2.41. The van der Waals surface area contributed by atoms with E-state index in [0.29, 0.717) is 9.32 Å². The number of ether oxygens (including phenoxy) is 1. The predicted octanol–water partition coefficient (Wildman–Crippen LogP) is 3.94. The number of hydrogen-bond acceptors (Lipinski definition) is 2. The van der Waals surface area contributed by atoms with E-state index < -0.39 is 17.6 Å². The molecule has 0 radical (unpaired) electrons. The molecule has 1 N–H and O–H groups in total. The van der Waals surface area contributed by atoms with Crippen LogP contribution < -0.4 is 4.74 Å².